The van der Waals surface area contributed by atoms with Crippen LogP contribution in [-0.2, 0) is 5.41 Å². The summed E-state index contributed by atoms with van der Waals surface area (Å²) in [6, 6.07) is 7.85. The highest BCUT2D eigenvalue weighted by Crippen LogP contribution is 2.22. The van der Waals surface area contributed by atoms with Crippen molar-refractivity contribution >= 4 is 5.91 Å². The minimum absolute atomic E-state index is 0.00249. The fourth-order valence-electron chi connectivity index (χ4n) is 1.62. The predicted octanol–water partition coefficient (Wildman–Crippen LogP) is 2.28. The predicted molar refractivity (Wildman–Crippen MR) is 76.0 cm³/mol. The van der Waals surface area contributed by atoms with E-state index in [1.165, 1.54) is 5.56 Å². The normalized spacial score (nSPS) is 11.7. The molecule has 0 atom stereocenters. The molecule has 1 aromatic rings. The molecule has 1 N–H and O–H groups in total. The highest BCUT2D eigenvalue weighted by molar-refractivity contribution is 5.94. The topological polar surface area (TPSA) is 32.3 Å². The van der Waals surface area contributed by atoms with Gasteiger partial charge in [0.1, 0.15) is 0 Å². The number of nitrogens with zero attached hydrogens (tertiary/aromatic N) is 1. The van der Waals surface area contributed by atoms with Crippen molar-refractivity contribution in [2.75, 3.05) is 27.2 Å². The molecule has 0 fully saturated rings. The van der Waals surface area contributed by atoms with Crippen LogP contribution in [0.4, 0.5) is 0 Å². The average Bonchev–Trinajstić information content (AvgIpc) is 2.27. The number of benzene rings is 1. The van der Waals surface area contributed by atoms with E-state index in [9.17, 15) is 4.79 Å². The molecule has 0 aliphatic carbocycles. The van der Waals surface area contributed by atoms with Crippen LogP contribution in [0.1, 0.15) is 36.7 Å². The Morgan fingerprint density at radius 3 is 2.17 bits per heavy atom. The van der Waals surface area contributed by atoms with E-state index in [0.717, 1.165) is 12.1 Å². The van der Waals surface area contributed by atoms with Gasteiger partial charge in [-0.3, -0.25) is 4.79 Å². The molecule has 3 nitrogen and oxygen atoms in total. The minimum Gasteiger partial charge on any atom is -0.351 e. The molecule has 100 valence electrons. The molecular formula is C15H24N2O. The molecule has 0 saturated heterocycles. The second-order valence-electron chi connectivity index (χ2n) is 5.89. The summed E-state index contributed by atoms with van der Waals surface area (Å²) in [5, 5.41) is 2.91. The van der Waals surface area contributed by atoms with Gasteiger partial charge in [-0.1, -0.05) is 32.9 Å². The molecule has 3 heteroatoms. The zero-order valence-corrected chi connectivity index (χ0v) is 12.1. The number of carbonyl (C=O) groups is 1. The van der Waals surface area contributed by atoms with Crippen LogP contribution in [0.2, 0.25) is 0 Å². The van der Waals surface area contributed by atoms with Crippen LogP contribution < -0.4 is 5.32 Å². The van der Waals surface area contributed by atoms with Crippen molar-refractivity contribution in [3.8, 4) is 0 Å². The monoisotopic (exact) mass is 248 g/mol. The van der Waals surface area contributed by atoms with Crippen molar-refractivity contribution in [3.63, 3.8) is 0 Å². The van der Waals surface area contributed by atoms with Crippen LogP contribution in [0.3, 0.4) is 0 Å². The lowest BCUT2D eigenvalue weighted by atomic mass is 9.87. The Kier molecular flexibility index (Phi) is 4.91. The Morgan fingerprint density at radius 1 is 1.17 bits per heavy atom. The molecule has 0 radical (unpaired) electrons. The zero-order chi connectivity index (χ0) is 13.8. The summed E-state index contributed by atoms with van der Waals surface area (Å²) in [7, 11) is 3.98. The summed E-state index contributed by atoms with van der Waals surface area (Å²) in [6.07, 6.45) is 0. The van der Waals surface area contributed by atoms with E-state index in [1.807, 2.05) is 43.3 Å². The van der Waals surface area contributed by atoms with Gasteiger partial charge in [-0.05, 0) is 37.2 Å². The SMILES string of the molecule is CN(C)CCNC(=O)c1ccc(C(C)(C)C)cc1. The van der Waals surface area contributed by atoms with E-state index in [2.05, 4.69) is 26.1 Å². The molecule has 0 bridgehead atoms. The van der Waals surface area contributed by atoms with Gasteiger partial charge in [-0.25, -0.2) is 0 Å². The highest BCUT2D eigenvalue weighted by Gasteiger charge is 2.14. The first-order valence-corrected chi connectivity index (χ1v) is 6.34. The third-order valence-electron chi connectivity index (χ3n) is 2.86. The van der Waals surface area contributed by atoms with Gasteiger partial charge in [0.05, 0.1) is 0 Å². The largest absolute Gasteiger partial charge is 0.351 e. The quantitative estimate of drug-likeness (QED) is 0.886. The number of hydrogen-bond acceptors (Lipinski definition) is 2. The third-order valence-corrected chi connectivity index (χ3v) is 2.86. The summed E-state index contributed by atoms with van der Waals surface area (Å²) in [5.41, 5.74) is 2.09. The van der Waals surface area contributed by atoms with Crippen molar-refractivity contribution in [1.29, 1.82) is 0 Å². The van der Waals surface area contributed by atoms with Crippen molar-refractivity contribution in [2.24, 2.45) is 0 Å². The molecule has 18 heavy (non-hydrogen) atoms. The Morgan fingerprint density at radius 2 is 1.72 bits per heavy atom. The van der Waals surface area contributed by atoms with Gasteiger partial charge in [0, 0.05) is 18.7 Å². The van der Waals surface area contributed by atoms with E-state index in [0.29, 0.717) is 6.54 Å². The molecule has 0 heterocycles. The molecule has 0 spiro atoms. The molecule has 1 amide bonds. The van der Waals surface area contributed by atoms with Crippen molar-refractivity contribution in [2.45, 2.75) is 26.2 Å². The molecule has 0 saturated carbocycles. The Balaban J connectivity index is 2.60. The number of hydrogen-bond donors (Lipinski definition) is 1. The maximum atomic E-state index is 11.9. The highest BCUT2D eigenvalue weighted by atomic mass is 16.1. The summed E-state index contributed by atoms with van der Waals surface area (Å²) in [5.74, 6) is -0.00249. The lowest BCUT2D eigenvalue weighted by Gasteiger charge is -2.19. The standard InChI is InChI=1S/C15H24N2O/c1-15(2,3)13-8-6-12(7-9-13)14(18)16-10-11-17(4)5/h6-9H,10-11H2,1-5H3,(H,16,18). The van der Waals surface area contributed by atoms with Gasteiger partial charge < -0.3 is 10.2 Å². The van der Waals surface area contributed by atoms with Crippen molar-refractivity contribution in [1.82, 2.24) is 10.2 Å². The molecule has 1 aromatic carbocycles. The molecule has 0 aliphatic rings. The first kappa shape index (κ1) is 14.7. The molecule has 0 unspecified atom stereocenters. The van der Waals surface area contributed by atoms with Crippen LogP contribution in [0, 0.1) is 0 Å². The number of rotatable bonds is 4. The number of nitrogens with one attached hydrogen (secondary N) is 1. The number of amides is 1. The summed E-state index contributed by atoms with van der Waals surface area (Å²) >= 11 is 0. The van der Waals surface area contributed by atoms with E-state index >= 15 is 0 Å². The fourth-order valence-corrected chi connectivity index (χ4v) is 1.62. The molecule has 0 aliphatic heterocycles. The first-order chi connectivity index (χ1) is 8.30. The van der Waals surface area contributed by atoms with Crippen molar-refractivity contribution in [3.05, 3.63) is 35.4 Å². The van der Waals surface area contributed by atoms with Gasteiger partial charge in [0.25, 0.3) is 5.91 Å². The molecular weight excluding hydrogens is 224 g/mol. The first-order valence-electron chi connectivity index (χ1n) is 6.34. The van der Waals surface area contributed by atoms with E-state index < -0.39 is 0 Å². The maximum Gasteiger partial charge on any atom is 0.251 e. The van der Waals surface area contributed by atoms with Gasteiger partial charge in [-0.2, -0.15) is 0 Å². The van der Waals surface area contributed by atoms with Crippen LogP contribution in [0.25, 0.3) is 0 Å². The second-order valence-corrected chi connectivity index (χ2v) is 5.89. The summed E-state index contributed by atoms with van der Waals surface area (Å²) in [6.45, 7) is 8.02. The summed E-state index contributed by atoms with van der Waals surface area (Å²) in [4.78, 5) is 13.9. The van der Waals surface area contributed by atoms with E-state index in [1.54, 1.807) is 0 Å². The maximum absolute atomic E-state index is 11.9. The average molecular weight is 248 g/mol. The van der Waals surface area contributed by atoms with Gasteiger partial charge in [0.15, 0.2) is 0 Å². The zero-order valence-electron chi connectivity index (χ0n) is 12.1. The minimum atomic E-state index is -0.00249. The van der Waals surface area contributed by atoms with Gasteiger partial charge in [0.2, 0.25) is 0 Å². The fraction of sp³-hybridized carbons (Fsp3) is 0.533. The van der Waals surface area contributed by atoms with E-state index in [4.69, 9.17) is 0 Å². The smallest absolute Gasteiger partial charge is 0.251 e. The van der Waals surface area contributed by atoms with E-state index in [-0.39, 0.29) is 11.3 Å². The van der Waals surface area contributed by atoms with Crippen LogP contribution >= 0.6 is 0 Å². The van der Waals surface area contributed by atoms with Crippen LogP contribution in [0.15, 0.2) is 24.3 Å². The summed E-state index contributed by atoms with van der Waals surface area (Å²) < 4.78 is 0. The third kappa shape index (κ3) is 4.49. The Bertz CT molecular complexity index is 388. The Hall–Kier alpha value is -1.35. The number of carbonyl (C=O) groups excluding carboxylic acids is 1. The van der Waals surface area contributed by atoms with Crippen LogP contribution in [-0.4, -0.2) is 38.0 Å². The second kappa shape index (κ2) is 6.01. The number of likely N-dealkylation sites (N-methyl/N-ethyl adjacent to an activating group) is 1. The van der Waals surface area contributed by atoms with Crippen molar-refractivity contribution < 1.29 is 4.79 Å². The van der Waals surface area contributed by atoms with Gasteiger partial charge >= 0.3 is 0 Å². The molecule has 1 rings (SSSR count). The molecule has 0 aromatic heterocycles. The Labute approximate surface area is 110 Å². The lowest BCUT2D eigenvalue weighted by molar-refractivity contribution is 0.0951. The van der Waals surface area contributed by atoms with Gasteiger partial charge in [-0.15, -0.1) is 0 Å². The van der Waals surface area contributed by atoms with Crippen LogP contribution in [0.5, 0.6) is 0 Å². The lowest BCUT2D eigenvalue weighted by Crippen LogP contribution is -2.31.